The van der Waals surface area contributed by atoms with Crippen LogP contribution in [0.15, 0.2) is 58.5 Å². The second-order valence-corrected chi connectivity index (χ2v) is 6.82. The first-order valence-corrected chi connectivity index (χ1v) is 7.94. The van der Waals surface area contributed by atoms with Crippen LogP contribution in [-0.2, 0) is 9.84 Å². The summed E-state index contributed by atoms with van der Waals surface area (Å²) in [4.78, 5) is 1.08. The van der Waals surface area contributed by atoms with E-state index in [4.69, 9.17) is 5.26 Å². The Morgan fingerprint density at radius 2 is 1.95 bits per heavy atom. The van der Waals surface area contributed by atoms with Crippen LogP contribution in [0, 0.1) is 24.1 Å². The lowest BCUT2D eigenvalue weighted by molar-refractivity contribution is 0.600. The van der Waals surface area contributed by atoms with Crippen LogP contribution in [-0.4, -0.2) is 8.42 Å². The van der Waals surface area contributed by atoms with Crippen molar-refractivity contribution in [2.24, 2.45) is 0 Å². The fraction of sp³-hybridized carbons (Fsp3) is 0.0625. The van der Waals surface area contributed by atoms with Gasteiger partial charge in [0.05, 0.1) is 10.6 Å². The summed E-state index contributed by atoms with van der Waals surface area (Å²) >= 11 is 0. The second-order valence-electron chi connectivity index (χ2n) is 4.93. The molecule has 6 heteroatoms. The van der Waals surface area contributed by atoms with Crippen LogP contribution in [0.2, 0.25) is 0 Å². The fourth-order valence-electron chi connectivity index (χ4n) is 2.36. The number of hydrogen-bond donors (Lipinski definition) is 0. The van der Waals surface area contributed by atoms with Crippen LogP contribution in [0.25, 0.3) is 0 Å². The normalized spacial score (nSPS) is 15.7. The molecule has 110 valence electrons. The van der Waals surface area contributed by atoms with E-state index in [2.05, 4.69) is 0 Å². The molecule has 0 bridgehead atoms. The Kier molecular flexibility index (Phi) is 3.23. The third-order valence-electron chi connectivity index (χ3n) is 3.40. The molecule has 1 aliphatic heterocycles. The molecule has 0 atom stereocenters. The van der Waals surface area contributed by atoms with Gasteiger partial charge in [0.1, 0.15) is 11.9 Å². The fourth-order valence-corrected chi connectivity index (χ4v) is 3.64. The number of sulfone groups is 1. The highest BCUT2D eigenvalue weighted by Crippen LogP contribution is 2.39. The summed E-state index contributed by atoms with van der Waals surface area (Å²) in [6.45, 7) is 1.89. The van der Waals surface area contributed by atoms with Gasteiger partial charge in [-0.15, -0.1) is 0 Å². The molecule has 2 aromatic rings. The summed E-state index contributed by atoms with van der Waals surface area (Å²) in [5.74, 6) is -0.541. The summed E-state index contributed by atoms with van der Waals surface area (Å²) in [5, 5.41) is 9.13. The highest BCUT2D eigenvalue weighted by atomic mass is 32.2. The number of halogens is 1. The minimum absolute atomic E-state index is 0.0746. The molecule has 1 aliphatic rings. The summed E-state index contributed by atoms with van der Waals surface area (Å²) < 4.78 is 38.3. The molecule has 0 aromatic heterocycles. The third kappa shape index (κ3) is 2.16. The molecule has 3 rings (SSSR count). The van der Waals surface area contributed by atoms with Gasteiger partial charge < -0.3 is 4.90 Å². The van der Waals surface area contributed by atoms with Crippen molar-refractivity contribution in [3.05, 3.63) is 65.0 Å². The SMILES string of the molecule is Cc1cccc(N2C=C(C#N)S(=O)(=O)c3ccc(F)cc32)c1. The van der Waals surface area contributed by atoms with E-state index in [0.29, 0.717) is 5.69 Å². The minimum atomic E-state index is -3.91. The molecule has 0 fully saturated rings. The van der Waals surface area contributed by atoms with Crippen molar-refractivity contribution in [2.75, 3.05) is 4.90 Å². The van der Waals surface area contributed by atoms with E-state index in [1.165, 1.54) is 17.2 Å². The molecular formula is C16H11FN2O2S. The monoisotopic (exact) mass is 314 g/mol. The average Bonchev–Trinajstić information content (AvgIpc) is 2.47. The lowest BCUT2D eigenvalue weighted by Gasteiger charge is -2.27. The zero-order chi connectivity index (χ0) is 15.9. The van der Waals surface area contributed by atoms with Crippen molar-refractivity contribution in [1.82, 2.24) is 0 Å². The van der Waals surface area contributed by atoms with E-state index in [1.54, 1.807) is 12.1 Å². The molecule has 0 spiro atoms. The van der Waals surface area contributed by atoms with Crippen LogP contribution >= 0.6 is 0 Å². The van der Waals surface area contributed by atoms with Gasteiger partial charge in [-0.2, -0.15) is 5.26 Å². The average molecular weight is 314 g/mol. The molecule has 0 radical (unpaired) electrons. The van der Waals surface area contributed by atoms with Gasteiger partial charge in [0.2, 0.25) is 9.84 Å². The number of benzene rings is 2. The molecule has 0 amide bonds. The Morgan fingerprint density at radius 1 is 1.18 bits per heavy atom. The van der Waals surface area contributed by atoms with Gasteiger partial charge in [-0.3, -0.25) is 0 Å². The number of anilines is 2. The third-order valence-corrected chi connectivity index (χ3v) is 5.10. The van der Waals surface area contributed by atoms with Crippen LogP contribution in [0.5, 0.6) is 0 Å². The number of allylic oxidation sites excluding steroid dienone is 1. The zero-order valence-corrected chi connectivity index (χ0v) is 12.4. The van der Waals surface area contributed by atoms with Crippen molar-refractivity contribution < 1.29 is 12.8 Å². The maximum Gasteiger partial charge on any atom is 0.220 e. The van der Waals surface area contributed by atoms with Crippen molar-refractivity contribution in [1.29, 1.82) is 5.26 Å². The van der Waals surface area contributed by atoms with E-state index < -0.39 is 15.7 Å². The Labute approximate surface area is 127 Å². The standard InChI is InChI=1S/C16H11FN2O2S/c1-11-3-2-4-13(7-11)19-10-14(9-18)22(20,21)16-6-5-12(17)8-15(16)19/h2-8,10H,1H3. The maximum absolute atomic E-state index is 13.6. The maximum atomic E-state index is 13.6. The predicted octanol–water partition coefficient (Wildman–Crippen LogP) is 3.42. The number of nitrogens with zero attached hydrogens (tertiary/aromatic N) is 2. The van der Waals surface area contributed by atoms with E-state index in [0.717, 1.165) is 17.7 Å². The topological polar surface area (TPSA) is 61.2 Å². The van der Waals surface area contributed by atoms with Crippen molar-refractivity contribution in [3.8, 4) is 6.07 Å². The van der Waals surface area contributed by atoms with E-state index >= 15 is 0 Å². The van der Waals surface area contributed by atoms with Crippen LogP contribution in [0.3, 0.4) is 0 Å². The number of aryl methyl sites for hydroxylation is 1. The number of nitriles is 1. The van der Waals surface area contributed by atoms with Gasteiger partial charge in [0.15, 0.2) is 4.91 Å². The summed E-state index contributed by atoms with van der Waals surface area (Å²) in [6, 6.07) is 12.4. The van der Waals surface area contributed by atoms with Gasteiger partial charge in [-0.25, -0.2) is 12.8 Å². The highest BCUT2D eigenvalue weighted by Gasteiger charge is 2.32. The summed E-state index contributed by atoms with van der Waals surface area (Å²) in [5.41, 5.74) is 1.83. The van der Waals surface area contributed by atoms with Crippen molar-refractivity contribution >= 4 is 21.2 Å². The van der Waals surface area contributed by atoms with Crippen LogP contribution < -0.4 is 4.90 Å². The Balaban J connectivity index is 2.32. The quantitative estimate of drug-likeness (QED) is 0.757. The van der Waals surface area contributed by atoms with Gasteiger partial charge in [0, 0.05) is 11.9 Å². The van der Waals surface area contributed by atoms with Crippen LogP contribution in [0.1, 0.15) is 5.56 Å². The number of hydrogen-bond acceptors (Lipinski definition) is 4. The van der Waals surface area contributed by atoms with Crippen LogP contribution in [0.4, 0.5) is 15.8 Å². The largest absolute Gasteiger partial charge is 0.314 e. The van der Waals surface area contributed by atoms with Crippen molar-refractivity contribution in [2.45, 2.75) is 11.8 Å². The molecule has 2 aromatic carbocycles. The molecule has 1 heterocycles. The van der Waals surface area contributed by atoms with Gasteiger partial charge in [0.25, 0.3) is 0 Å². The Hall–Kier alpha value is -2.65. The molecule has 0 aliphatic carbocycles. The minimum Gasteiger partial charge on any atom is -0.314 e. The number of rotatable bonds is 1. The predicted molar refractivity (Wildman–Crippen MR) is 80.6 cm³/mol. The number of fused-ring (bicyclic) bond motifs is 1. The highest BCUT2D eigenvalue weighted by molar-refractivity contribution is 7.95. The Bertz CT molecular complexity index is 943. The van der Waals surface area contributed by atoms with E-state index in [1.807, 2.05) is 25.1 Å². The zero-order valence-electron chi connectivity index (χ0n) is 11.6. The first-order chi connectivity index (χ1) is 10.4. The summed E-state index contributed by atoms with van der Waals surface area (Å²) in [6.07, 6.45) is 1.23. The molecule has 0 N–H and O–H groups in total. The molecule has 22 heavy (non-hydrogen) atoms. The van der Waals surface area contributed by atoms with Gasteiger partial charge >= 0.3 is 0 Å². The smallest absolute Gasteiger partial charge is 0.220 e. The van der Waals surface area contributed by atoms with E-state index in [9.17, 15) is 12.8 Å². The second kappa shape index (κ2) is 4.97. The van der Waals surface area contributed by atoms with Gasteiger partial charge in [-0.1, -0.05) is 12.1 Å². The lowest BCUT2D eigenvalue weighted by atomic mass is 10.2. The molecule has 0 saturated carbocycles. The lowest BCUT2D eigenvalue weighted by Crippen LogP contribution is -2.21. The van der Waals surface area contributed by atoms with E-state index in [-0.39, 0.29) is 15.5 Å². The first kappa shape index (κ1) is 14.3. The van der Waals surface area contributed by atoms with Gasteiger partial charge in [-0.05, 0) is 42.8 Å². The Morgan fingerprint density at radius 3 is 2.64 bits per heavy atom. The molecule has 4 nitrogen and oxygen atoms in total. The summed E-state index contributed by atoms with van der Waals surface area (Å²) in [7, 11) is -3.91. The first-order valence-electron chi connectivity index (χ1n) is 6.46. The molecule has 0 saturated heterocycles. The van der Waals surface area contributed by atoms with Crippen molar-refractivity contribution in [3.63, 3.8) is 0 Å². The molecular weight excluding hydrogens is 303 g/mol. The molecule has 0 unspecified atom stereocenters.